The Morgan fingerprint density at radius 3 is 2.39 bits per heavy atom. The summed E-state index contributed by atoms with van der Waals surface area (Å²) in [4.78, 5) is 27.2. The highest BCUT2D eigenvalue weighted by molar-refractivity contribution is 6.11. The van der Waals surface area contributed by atoms with Crippen molar-refractivity contribution in [3.05, 3.63) is 64.5 Å². The minimum atomic E-state index is -0.0731. The van der Waals surface area contributed by atoms with Crippen LogP contribution in [0.4, 0.5) is 0 Å². The Morgan fingerprint density at radius 1 is 1.11 bits per heavy atom. The third-order valence-corrected chi connectivity index (χ3v) is 3.01. The Hall–Kier alpha value is -2.29. The molecule has 1 aromatic carbocycles. The maximum absolute atomic E-state index is 12.4. The Bertz CT molecular complexity index is 603. The van der Waals surface area contributed by atoms with E-state index in [1.807, 2.05) is 6.92 Å². The molecule has 0 radical (unpaired) electrons. The van der Waals surface area contributed by atoms with Crippen LogP contribution in [0.2, 0.25) is 0 Å². The van der Waals surface area contributed by atoms with Gasteiger partial charge in [0.25, 0.3) is 0 Å². The van der Waals surface area contributed by atoms with Crippen LogP contribution >= 0.6 is 0 Å². The predicted octanol–water partition coefficient (Wildman–Crippen LogP) is 2.74. The molecule has 18 heavy (non-hydrogen) atoms. The molecule has 3 heteroatoms. The molecule has 0 unspecified atom stereocenters. The third kappa shape index (κ3) is 2.07. The number of carbonyl (C=O) groups excluding carboxylic acids is 2. The van der Waals surface area contributed by atoms with Gasteiger partial charge in [-0.25, -0.2) is 0 Å². The van der Waals surface area contributed by atoms with E-state index in [0.29, 0.717) is 16.7 Å². The highest BCUT2D eigenvalue weighted by atomic mass is 16.1. The molecule has 90 valence electrons. The maximum atomic E-state index is 12.4. The van der Waals surface area contributed by atoms with Crippen molar-refractivity contribution >= 4 is 12.1 Å². The molecule has 0 saturated heterocycles. The molecule has 0 N–H and O–H groups in total. The zero-order valence-corrected chi connectivity index (χ0v) is 10.3. The molecule has 2 aromatic rings. The van der Waals surface area contributed by atoms with Crippen molar-refractivity contribution in [2.24, 2.45) is 0 Å². The number of pyridine rings is 1. The van der Waals surface area contributed by atoms with E-state index < -0.39 is 0 Å². The maximum Gasteiger partial charge on any atom is 0.193 e. The first-order valence-corrected chi connectivity index (χ1v) is 5.65. The lowest BCUT2D eigenvalue weighted by atomic mass is 9.92. The van der Waals surface area contributed by atoms with Crippen molar-refractivity contribution in [3.63, 3.8) is 0 Å². The molecular weight excluding hydrogens is 226 g/mol. The molecule has 0 spiro atoms. The molecule has 0 amide bonds. The quantitative estimate of drug-likeness (QED) is 0.611. The number of hydrogen-bond acceptors (Lipinski definition) is 3. The number of nitrogens with zero attached hydrogens (tertiary/aromatic N) is 1. The van der Waals surface area contributed by atoms with E-state index in [1.54, 1.807) is 43.6 Å². The van der Waals surface area contributed by atoms with Crippen molar-refractivity contribution < 1.29 is 9.59 Å². The number of ketones is 1. The van der Waals surface area contributed by atoms with Crippen LogP contribution in [0.5, 0.6) is 0 Å². The van der Waals surface area contributed by atoms with Gasteiger partial charge in [0.15, 0.2) is 5.78 Å². The monoisotopic (exact) mass is 239 g/mol. The van der Waals surface area contributed by atoms with Crippen LogP contribution in [0.1, 0.15) is 37.4 Å². The SMILES string of the molecule is Cc1ccc(C=O)c(C)c1C(=O)c1ccncc1. The summed E-state index contributed by atoms with van der Waals surface area (Å²) in [5.41, 5.74) is 3.34. The van der Waals surface area contributed by atoms with Crippen molar-refractivity contribution in [1.82, 2.24) is 4.98 Å². The second-order valence-corrected chi connectivity index (χ2v) is 4.15. The van der Waals surface area contributed by atoms with E-state index in [9.17, 15) is 9.59 Å². The number of hydrogen-bond donors (Lipinski definition) is 0. The summed E-state index contributed by atoms with van der Waals surface area (Å²) in [7, 11) is 0. The molecule has 0 saturated carbocycles. The molecule has 0 bridgehead atoms. The van der Waals surface area contributed by atoms with Gasteiger partial charge in [-0.1, -0.05) is 12.1 Å². The van der Waals surface area contributed by atoms with E-state index in [1.165, 1.54) is 0 Å². The average Bonchev–Trinajstić information content (AvgIpc) is 2.40. The molecule has 0 atom stereocenters. The lowest BCUT2D eigenvalue weighted by Crippen LogP contribution is -2.08. The minimum Gasteiger partial charge on any atom is -0.298 e. The summed E-state index contributed by atoms with van der Waals surface area (Å²) in [6.07, 6.45) is 3.95. The van der Waals surface area contributed by atoms with Crippen molar-refractivity contribution in [3.8, 4) is 0 Å². The molecule has 2 rings (SSSR count). The fourth-order valence-corrected chi connectivity index (χ4v) is 1.99. The normalized spacial score (nSPS) is 10.1. The molecule has 1 heterocycles. The number of rotatable bonds is 3. The van der Waals surface area contributed by atoms with Crippen LogP contribution < -0.4 is 0 Å². The van der Waals surface area contributed by atoms with Crippen molar-refractivity contribution in [1.29, 1.82) is 0 Å². The second-order valence-electron chi connectivity index (χ2n) is 4.15. The number of aldehydes is 1. The zero-order chi connectivity index (χ0) is 13.1. The minimum absolute atomic E-state index is 0.0731. The van der Waals surface area contributed by atoms with Crippen LogP contribution in [0, 0.1) is 13.8 Å². The van der Waals surface area contributed by atoms with Gasteiger partial charge in [0.05, 0.1) is 0 Å². The van der Waals surface area contributed by atoms with Crippen LogP contribution in [-0.2, 0) is 0 Å². The number of benzene rings is 1. The van der Waals surface area contributed by atoms with Gasteiger partial charge in [0.1, 0.15) is 6.29 Å². The van der Waals surface area contributed by atoms with E-state index in [4.69, 9.17) is 0 Å². The van der Waals surface area contributed by atoms with Crippen LogP contribution in [0.3, 0.4) is 0 Å². The van der Waals surface area contributed by atoms with E-state index in [-0.39, 0.29) is 5.78 Å². The summed E-state index contributed by atoms with van der Waals surface area (Å²) < 4.78 is 0. The van der Waals surface area contributed by atoms with Crippen LogP contribution in [0.15, 0.2) is 36.7 Å². The molecule has 0 aliphatic rings. The lowest BCUT2D eigenvalue weighted by molar-refractivity contribution is 0.103. The van der Waals surface area contributed by atoms with Crippen LogP contribution in [-0.4, -0.2) is 17.1 Å². The molecule has 0 aliphatic heterocycles. The van der Waals surface area contributed by atoms with E-state index in [0.717, 1.165) is 17.4 Å². The summed E-state index contributed by atoms with van der Waals surface area (Å²) in [5.74, 6) is -0.0731. The van der Waals surface area contributed by atoms with Gasteiger partial charge in [-0.05, 0) is 37.1 Å². The van der Waals surface area contributed by atoms with Gasteiger partial charge < -0.3 is 0 Å². The second kappa shape index (κ2) is 4.92. The van der Waals surface area contributed by atoms with Crippen molar-refractivity contribution in [2.45, 2.75) is 13.8 Å². The highest BCUT2D eigenvalue weighted by Crippen LogP contribution is 2.20. The summed E-state index contributed by atoms with van der Waals surface area (Å²) in [6, 6.07) is 6.88. The predicted molar refractivity (Wildman–Crippen MR) is 69.0 cm³/mol. The van der Waals surface area contributed by atoms with Crippen molar-refractivity contribution in [2.75, 3.05) is 0 Å². The van der Waals surface area contributed by atoms with Gasteiger partial charge in [-0.3, -0.25) is 14.6 Å². The largest absolute Gasteiger partial charge is 0.298 e. The molecular formula is C15H13NO2. The van der Waals surface area contributed by atoms with Crippen LogP contribution in [0.25, 0.3) is 0 Å². The number of aromatic nitrogens is 1. The molecule has 1 aromatic heterocycles. The van der Waals surface area contributed by atoms with E-state index >= 15 is 0 Å². The molecule has 3 nitrogen and oxygen atoms in total. The van der Waals surface area contributed by atoms with Gasteiger partial charge in [-0.2, -0.15) is 0 Å². The first-order chi connectivity index (χ1) is 8.65. The number of carbonyl (C=O) groups is 2. The summed E-state index contributed by atoms with van der Waals surface area (Å²) in [6.45, 7) is 3.67. The summed E-state index contributed by atoms with van der Waals surface area (Å²) >= 11 is 0. The molecule has 0 aliphatic carbocycles. The Balaban J connectivity index is 2.58. The zero-order valence-electron chi connectivity index (χ0n) is 10.3. The van der Waals surface area contributed by atoms with Gasteiger partial charge >= 0.3 is 0 Å². The third-order valence-electron chi connectivity index (χ3n) is 3.01. The van der Waals surface area contributed by atoms with Gasteiger partial charge in [-0.15, -0.1) is 0 Å². The Kier molecular flexibility index (Phi) is 3.33. The standard InChI is InChI=1S/C15H13NO2/c1-10-3-4-13(9-17)11(2)14(10)15(18)12-5-7-16-8-6-12/h3-9H,1-2H3. The summed E-state index contributed by atoms with van der Waals surface area (Å²) in [5, 5.41) is 0. The number of aryl methyl sites for hydroxylation is 1. The first-order valence-electron chi connectivity index (χ1n) is 5.65. The lowest BCUT2D eigenvalue weighted by Gasteiger charge is -2.10. The fraction of sp³-hybridized carbons (Fsp3) is 0.133. The first kappa shape index (κ1) is 12.2. The fourth-order valence-electron chi connectivity index (χ4n) is 1.99. The van der Waals surface area contributed by atoms with E-state index in [2.05, 4.69) is 4.98 Å². The Morgan fingerprint density at radius 2 is 1.78 bits per heavy atom. The molecule has 0 fully saturated rings. The highest BCUT2D eigenvalue weighted by Gasteiger charge is 2.16. The average molecular weight is 239 g/mol. The Labute approximate surface area is 105 Å². The smallest absolute Gasteiger partial charge is 0.193 e. The topological polar surface area (TPSA) is 47.0 Å². The van der Waals surface area contributed by atoms with Gasteiger partial charge in [0, 0.05) is 29.1 Å². The van der Waals surface area contributed by atoms with Gasteiger partial charge in [0.2, 0.25) is 0 Å².